The fourth-order valence-corrected chi connectivity index (χ4v) is 6.24. The summed E-state index contributed by atoms with van der Waals surface area (Å²) >= 11 is 12.4. The number of carbonyl (C=O) groups is 2. The van der Waals surface area contributed by atoms with E-state index in [0.29, 0.717) is 12.1 Å². The number of carbonyl (C=O) groups excluding carboxylic acids is 2. The van der Waals surface area contributed by atoms with Crippen molar-refractivity contribution < 1.29 is 22.4 Å². The molecule has 0 saturated heterocycles. The number of rotatable bonds is 12. The Morgan fingerprint density at radius 3 is 2.07 bits per heavy atom. The van der Waals surface area contributed by atoms with Crippen molar-refractivity contribution in [2.75, 3.05) is 17.4 Å². The van der Waals surface area contributed by atoms with E-state index in [-0.39, 0.29) is 33.6 Å². The molecule has 7 nitrogen and oxygen atoms in total. The van der Waals surface area contributed by atoms with E-state index in [1.165, 1.54) is 59.5 Å². The van der Waals surface area contributed by atoms with Crippen LogP contribution in [0.4, 0.5) is 10.1 Å². The second-order valence-corrected chi connectivity index (χ2v) is 12.3. The van der Waals surface area contributed by atoms with Gasteiger partial charge in [-0.1, -0.05) is 83.9 Å². The number of halogens is 3. The molecule has 1 N–H and O–H groups in total. The monoisotopic (exact) mass is 641 g/mol. The molecule has 0 heterocycles. The lowest BCUT2D eigenvalue weighted by atomic mass is 10.0. The summed E-state index contributed by atoms with van der Waals surface area (Å²) in [7, 11) is -4.27. The van der Waals surface area contributed by atoms with Gasteiger partial charge in [0.25, 0.3) is 10.0 Å². The van der Waals surface area contributed by atoms with Gasteiger partial charge >= 0.3 is 0 Å². The van der Waals surface area contributed by atoms with E-state index in [4.69, 9.17) is 23.2 Å². The number of hydrogen-bond donors (Lipinski definition) is 1. The molecule has 0 radical (unpaired) electrons. The normalized spacial score (nSPS) is 11.9. The van der Waals surface area contributed by atoms with Crippen LogP contribution >= 0.6 is 23.2 Å². The summed E-state index contributed by atoms with van der Waals surface area (Å²) in [6, 6.07) is 25.7. The van der Waals surface area contributed by atoms with Gasteiger partial charge in [-0.3, -0.25) is 13.9 Å². The second-order valence-electron chi connectivity index (χ2n) is 9.67. The number of amides is 2. The predicted octanol–water partition coefficient (Wildman–Crippen LogP) is 6.10. The maximum atomic E-state index is 14.3. The van der Waals surface area contributed by atoms with E-state index in [2.05, 4.69) is 5.32 Å². The van der Waals surface area contributed by atoms with Gasteiger partial charge in [0.15, 0.2) is 0 Å². The molecule has 0 aromatic heterocycles. The highest BCUT2D eigenvalue weighted by molar-refractivity contribution is 7.92. The molecule has 0 spiro atoms. The van der Waals surface area contributed by atoms with Crippen molar-refractivity contribution in [1.82, 2.24) is 10.2 Å². The summed E-state index contributed by atoms with van der Waals surface area (Å²) in [5, 5.41) is 3.11. The first kappa shape index (κ1) is 32.0. The van der Waals surface area contributed by atoms with Crippen molar-refractivity contribution in [2.24, 2.45) is 0 Å². The van der Waals surface area contributed by atoms with Crippen LogP contribution in [0.1, 0.15) is 18.1 Å². The van der Waals surface area contributed by atoms with E-state index in [1.54, 1.807) is 25.1 Å². The molecule has 4 rings (SSSR count). The Labute approximate surface area is 260 Å². The molecule has 0 aliphatic heterocycles. The van der Waals surface area contributed by atoms with Gasteiger partial charge in [0.1, 0.15) is 18.4 Å². The minimum atomic E-state index is -4.27. The number of nitrogens with one attached hydrogen (secondary N) is 1. The van der Waals surface area contributed by atoms with E-state index in [9.17, 15) is 22.4 Å². The van der Waals surface area contributed by atoms with E-state index < -0.39 is 40.2 Å². The first-order valence-corrected chi connectivity index (χ1v) is 15.7. The lowest BCUT2D eigenvalue weighted by Crippen LogP contribution is -2.53. The van der Waals surface area contributed by atoms with Gasteiger partial charge in [0, 0.05) is 19.5 Å². The Hall–Kier alpha value is -3.92. The van der Waals surface area contributed by atoms with Gasteiger partial charge in [-0.25, -0.2) is 12.8 Å². The van der Waals surface area contributed by atoms with Crippen molar-refractivity contribution in [2.45, 2.75) is 30.8 Å². The maximum absolute atomic E-state index is 14.3. The zero-order valence-electron chi connectivity index (χ0n) is 23.3. The van der Waals surface area contributed by atoms with Crippen molar-refractivity contribution in [3.63, 3.8) is 0 Å². The van der Waals surface area contributed by atoms with Gasteiger partial charge in [0.05, 0.1) is 20.6 Å². The molecule has 0 bridgehead atoms. The quantitative estimate of drug-likeness (QED) is 0.202. The fraction of sp³-hybridized carbons (Fsp3) is 0.188. The third kappa shape index (κ3) is 8.13. The number of hydrogen-bond acceptors (Lipinski definition) is 4. The largest absolute Gasteiger partial charge is 0.355 e. The van der Waals surface area contributed by atoms with Gasteiger partial charge in [0.2, 0.25) is 11.8 Å². The van der Waals surface area contributed by atoms with Crippen LogP contribution in [0.15, 0.2) is 108 Å². The van der Waals surface area contributed by atoms with Gasteiger partial charge in [-0.2, -0.15) is 0 Å². The molecule has 0 aliphatic carbocycles. The minimum absolute atomic E-state index is 0.0384. The molecule has 0 saturated carbocycles. The van der Waals surface area contributed by atoms with Crippen molar-refractivity contribution in [3.8, 4) is 0 Å². The van der Waals surface area contributed by atoms with Crippen LogP contribution in [0.25, 0.3) is 0 Å². The Bertz CT molecular complexity index is 1660. The van der Waals surface area contributed by atoms with Crippen LogP contribution in [0, 0.1) is 5.82 Å². The summed E-state index contributed by atoms with van der Waals surface area (Å²) in [5.74, 6) is -1.51. The first-order chi connectivity index (χ1) is 20.6. The molecule has 11 heteroatoms. The Morgan fingerprint density at radius 2 is 1.47 bits per heavy atom. The van der Waals surface area contributed by atoms with E-state index >= 15 is 0 Å². The van der Waals surface area contributed by atoms with E-state index in [1.807, 2.05) is 30.3 Å². The highest BCUT2D eigenvalue weighted by Gasteiger charge is 2.34. The highest BCUT2D eigenvalue weighted by atomic mass is 35.5. The zero-order valence-corrected chi connectivity index (χ0v) is 25.6. The Kier molecular flexibility index (Phi) is 10.8. The SMILES string of the molecule is CCNC(=O)[C@@H](Cc1ccccc1)N(Cc1ccc(F)cc1)C(=O)CN(c1ccc(Cl)c(Cl)c1)S(=O)(=O)c1ccccc1. The second kappa shape index (κ2) is 14.5. The van der Waals surface area contributed by atoms with Crippen molar-refractivity contribution in [3.05, 3.63) is 130 Å². The average molecular weight is 643 g/mol. The molecular weight excluding hydrogens is 612 g/mol. The van der Waals surface area contributed by atoms with Crippen molar-refractivity contribution in [1.29, 1.82) is 0 Å². The molecule has 4 aromatic rings. The third-order valence-corrected chi connectivity index (χ3v) is 9.22. The summed E-state index contributed by atoms with van der Waals surface area (Å²) < 4.78 is 42.6. The molecule has 4 aromatic carbocycles. The Balaban J connectivity index is 1.80. The van der Waals surface area contributed by atoms with Gasteiger partial charge < -0.3 is 10.2 Å². The van der Waals surface area contributed by atoms with Gasteiger partial charge in [-0.05, 0) is 60.5 Å². The average Bonchev–Trinajstić information content (AvgIpc) is 3.01. The molecule has 43 heavy (non-hydrogen) atoms. The predicted molar refractivity (Wildman–Crippen MR) is 167 cm³/mol. The Morgan fingerprint density at radius 1 is 0.837 bits per heavy atom. The lowest BCUT2D eigenvalue weighted by molar-refractivity contribution is -0.140. The van der Waals surface area contributed by atoms with E-state index in [0.717, 1.165) is 9.87 Å². The number of nitrogens with zero attached hydrogens (tertiary/aromatic N) is 2. The molecule has 0 fully saturated rings. The summed E-state index contributed by atoms with van der Waals surface area (Å²) in [4.78, 5) is 29.0. The van der Waals surface area contributed by atoms with Crippen molar-refractivity contribution >= 4 is 50.7 Å². The highest BCUT2D eigenvalue weighted by Crippen LogP contribution is 2.31. The van der Waals surface area contributed by atoms with Crippen LogP contribution in [-0.4, -0.2) is 44.3 Å². The topological polar surface area (TPSA) is 86.8 Å². The fourth-order valence-electron chi connectivity index (χ4n) is 4.52. The first-order valence-electron chi connectivity index (χ1n) is 13.5. The molecule has 0 aliphatic rings. The molecular formula is C32H30Cl2FN3O4S. The molecule has 2 amide bonds. The number of likely N-dealkylation sites (N-methyl/N-ethyl adjacent to an activating group) is 1. The lowest BCUT2D eigenvalue weighted by Gasteiger charge is -2.34. The molecule has 224 valence electrons. The number of anilines is 1. The summed E-state index contributed by atoms with van der Waals surface area (Å²) in [6.07, 6.45) is 0.165. The molecule has 0 unspecified atom stereocenters. The zero-order chi connectivity index (χ0) is 31.0. The smallest absolute Gasteiger partial charge is 0.264 e. The number of sulfonamides is 1. The van der Waals surface area contributed by atoms with Crippen LogP contribution < -0.4 is 9.62 Å². The van der Waals surface area contributed by atoms with Crippen LogP contribution in [0.5, 0.6) is 0 Å². The van der Waals surface area contributed by atoms with Crippen LogP contribution in [0.2, 0.25) is 10.0 Å². The summed E-state index contributed by atoms with van der Waals surface area (Å²) in [6.45, 7) is 1.36. The number of benzene rings is 4. The van der Waals surface area contributed by atoms with Crippen LogP contribution in [0.3, 0.4) is 0 Å². The van der Waals surface area contributed by atoms with Crippen LogP contribution in [-0.2, 0) is 32.6 Å². The van der Waals surface area contributed by atoms with Gasteiger partial charge in [-0.15, -0.1) is 0 Å². The minimum Gasteiger partial charge on any atom is -0.355 e. The summed E-state index contributed by atoms with van der Waals surface area (Å²) in [5.41, 5.74) is 1.48. The molecule has 1 atom stereocenters. The maximum Gasteiger partial charge on any atom is 0.264 e. The standard InChI is InChI=1S/C32H30Cl2FN3O4S/c1-2-36-32(40)30(19-23-9-5-3-6-10-23)37(21-24-13-15-25(35)16-14-24)31(39)22-38(26-17-18-28(33)29(34)20-26)43(41,42)27-11-7-4-8-12-27/h3-18,20,30H,2,19,21-22H2,1H3,(H,36,40)/t30-/m1/s1. The third-order valence-electron chi connectivity index (χ3n) is 6.69.